The van der Waals surface area contributed by atoms with E-state index < -0.39 is 10.0 Å². The van der Waals surface area contributed by atoms with E-state index in [0.717, 1.165) is 19.4 Å². The van der Waals surface area contributed by atoms with E-state index in [1.807, 2.05) is 11.8 Å². The van der Waals surface area contributed by atoms with Gasteiger partial charge in [-0.3, -0.25) is 14.5 Å². The third-order valence-corrected chi connectivity index (χ3v) is 7.82. The summed E-state index contributed by atoms with van der Waals surface area (Å²) in [4.78, 5) is 29.2. The molecule has 0 aromatic heterocycles. The van der Waals surface area contributed by atoms with Gasteiger partial charge in [0.1, 0.15) is 0 Å². The Hall–Kier alpha value is -1.97. The first-order valence-electron chi connectivity index (χ1n) is 10.6. The summed E-state index contributed by atoms with van der Waals surface area (Å²) in [7, 11) is -3.54. The lowest BCUT2D eigenvalue weighted by Gasteiger charge is -2.39. The number of carbonyl (C=O) groups excluding carboxylic acids is 2. The molecule has 1 aromatic rings. The number of hydrogen-bond acceptors (Lipinski definition) is 6. The molecule has 0 radical (unpaired) electrons. The average Bonchev–Trinajstić information content (AvgIpc) is 2.79. The summed E-state index contributed by atoms with van der Waals surface area (Å²) in [5, 5.41) is 0. The number of amides is 1. The SMILES string of the molecule is CCOC(=O)[C@@H]1CCCN([C@@H](C)C(=O)N2CCN(S(=O)(=O)c3ccccc3)CC2)C1. The third-order valence-electron chi connectivity index (χ3n) is 5.91. The molecule has 30 heavy (non-hydrogen) atoms. The molecule has 0 bridgehead atoms. The van der Waals surface area contributed by atoms with Crippen molar-refractivity contribution < 1.29 is 22.7 Å². The molecule has 0 N–H and O–H groups in total. The lowest BCUT2D eigenvalue weighted by Crippen LogP contribution is -2.56. The summed E-state index contributed by atoms with van der Waals surface area (Å²) in [5.41, 5.74) is 0. The minimum atomic E-state index is -3.54. The number of piperidine rings is 1. The maximum Gasteiger partial charge on any atom is 0.310 e. The van der Waals surface area contributed by atoms with Crippen LogP contribution in [0.2, 0.25) is 0 Å². The van der Waals surface area contributed by atoms with Crippen molar-refractivity contribution in [1.82, 2.24) is 14.1 Å². The van der Waals surface area contributed by atoms with Crippen LogP contribution < -0.4 is 0 Å². The molecule has 2 fully saturated rings. The summed E-state index contributed by atoms with van der Waals surface area (Å²) in [6.45, 7) is 6.60. The lowest BCUT2D eigenvalue weighted by molar-refractivity contribution is -0.152. The lowest BCUT2D eigenvalue weighted by atomic mass is 9.96. The molecule has 0 saturated carbocycles. The van der Waals surface area contributed by atoms with Crippen molar-refractivity contribution in [3.05, 3.63) is 30.3 Å². The Morgan fingerprint density at radius 3 is 2.40 bits per heavy atom. The maximum absolute atomic E-state index is 13.0. The van der Waals surface area contributed by atoms with Crippen molar-refractivity contribution >= 4 is 21.9 Å². The Morgan fingerprint density at radius 1 is 1.10 bits per heavy atom. The van der Waals surface area contributed by atoms with Gasteiger partial charge < -0.3 is 9.64 Å². The number of esters is 1. The summed E-state index contributed by atoms with van der Waals surface area (Å²) in [6.07, 6.45) is 1.64. The van der Waals surface area contributed by atoms with E-state index >= 15 is 0 Å². The molecule has 166 valence electrons. The third kappa shape index (κ3) is 5.01. The van der Waals surface area contributed by atoms with Gasteiger partial charge in [-0.05, 0) is 45.4 Å². The second-order valence-corrected chi connectivity index (χ2v) is 9.74. The molecule has 2 saturated heterocycles. The van der Waals surface area contributed by atoms with Gasteiger partial charge >= 0.3 is 5.97 Å². The molecular formula is C21H31N3O5S. The van der Waals surface area contributed by atoms with Gasteiger partial charge in [0.05, 0.1) is 23.5 Å². The first-order valence-corrected chi connectivity index (χ1v) is 12.0. The van der Waals surface area contributed by atoms with Crippen LogP contribution >= 0.6 is 0 Å². The van der Waals surface area contributed by atoms with E-state index in [1.54, 1.807) is 42.2 Å². The fourth-order valence-electron chi connectivity index (χ4n) is 4.12. The van der Waals surface area contributed by atoms with Crippen molar-refractivity contribution in [2.45, 2.75) is 37.6 Å². The van der Waals surface area contributed by atoms with Crippen molar-refractivity contribution in [1.29, 1.82) is 0 Å². The molecule has 2 aliphatic rings. The average molecular weight is 438 g/mol. The summed E-state index contributed by atoms with van der Waals surface area (Å²) >= 11 is 0. The monoisotopic (exact) mass is 437 g/mol. The van der Waals surface area contributed by atoms with Crippen molar-refractivity contribution in [2.24, 2.45) is 5.92 Å². The molecular weight excluding hydrogens is 406 g/mol. The highest BCUT2D eigenvalue weighted by molar-refractivity contribution is 7.89. The quantitative estimate of drug-likeness (QED) is 0.621. The van der Waals surface area contributed by atoms with E-state index in [0.29, 0.717) is 26.2 Å². The Morgan fingerprint density at radius 2 is 1.77 bits per heavy atom. The van der Waals surface area contributed by atoms with Crippen LogP contribution in [0.25, 0.3) is 0 Å². The van der Waals surface area contributed by atoms with E-state index in [1.165, 1.54) is 4.31 Å². The minimum absolute atomic E-state index is 0.0173. The molecule has 0 spiro atoms. The van der Waals surface area contributed by atoms with Crippen LogP contribution in [-0.2, 0) is 24.3 Å². The number of sulfonamides is 1. The number of benzene rings is 1. The molecule has 0 aliphatic carbocycles. The molecule has 8 nitrogen and oxygen atoms in total. The zero-order valence-corrected chi connectivity index (χ0v) is 18.5. The van der Waals surface area contributed by atoms with Gasteiger partial charge in [-0.15, -0.1) is 0 Å². The zero-order valence-electron chi connectivity index (χ0n) is 17.7. The second-order valence-electron chi connectivity index (χ2n) is 7.80. The first kappa shape index (κ1) is 22.7. The minimum Gasteiger partial charge on any atom is -0.466 e. The predicted octanol–water partition coefficient (Wildman–Crippen LogP) is 1.18. The van der Waals surface area contributed by atoms with Crippen LogP contribution in [0.15, 0.2) is 35.2 Å². The van der Waals surface area contributed by atoms with Crippen LogP contribution in [0.3, 0.4) is 0 Å². The van der Waals surface area contributed by atoms with Gasteiger partial charge in [-0.25, -0.2) is 8.42 Å². The molecule has 9 heteroatoms. The van der Waals surface area contributed by atoms with Gasteiger partial charge in [0, 0.05) is 32.7 Å². The highest BCUT2D eigenvalue weighted by atomic mass is 32.2. The normalized spacial score (nSPS) is 22.5. The standard InChI is InChI=1S/C21H31N3O5S/c1-3-29-21(26)18-8-7-11-23(16-18)17(2)20(25)22-12-14-24(15-13-22)30(27,28)19-9-5-4-6-10-19/h4-6,9-10,17-18H,3,7-8,11-16H2,1-2H3/t17-,18+/m0/s1. The smallest absolute Gasteiger partial charge is 0.310 e. The van der Waals surface area contributed by atoms with E-state index in [-0.39, 0.29) is 41.8 Å². The Kier molecular flexibility index (Phi) is 7.49. The number of ether oxygens (including phenoxy) is 1. The van der Waals surface area contributed by atoms with Crippen LogP contribution in [0, 0.1) is 5.92 Å². The summed E-state index contributed by atoms with van der Waals surface area (Å²) in [5.74, 6) is -0.403. The number of rotatable bonds is 6. The number of piperazine rings is 1. The first-order chi connectivity index (χ1) is 14.3. The molecule has 2 atom stereocenters. The van der Waals surface area contributed by atoms with E-state index in [9.17, 15) is 18.0 Å². The highest BCUT2D eigenvalue weighted by Gasteiger charge is 2.35. The van der Waals surface area contributed by atoms with Crippen molar-refractivity contribution in [3.8, 4) is 0 Å². The largest absolute Gasteiger partial charge is 0.466 e. The number of nitrogens with zero attached hydrogens (tertiary/aromatic N) is 3. The zero-order chi connectivity index (χ0) is 21.7. The van der Waals surface area contributed by atoms with E-state index in [4.69, 9.17) is 4.74 Å². The van der Waals surface area contributed by atoms with Gasteiger partial charge in [0.25, 0.3) is 0 Å². The Balaban J connectivity index is 1.56. The Labute approximate surface area is 178 Å². The topological polar surface area (TPSA) is 87.2 Å². The van der Waals surface area contributed by atoms with Gasteiger partial charge in [-0.2, -0.15) is 4.31 Å². The molecule has 3 rings (SSSR count). The highest BCUT2D eigenvalue weighted by Crippen LogP contribution is 2.22. The molecule has 2 aliphatic heterocycles. The summed E-state index contributed by atoms with van der Waals surface area (Å²) < 4.78 is 32.1. The molecule has 2 heterocycles. The van der Waals surface area contributed by atoms with Gasteiger partial charge in [0.15, 0.2) is 0 Å². The van der Waals surface area contributed by atoms with Crippen LogP contribution in [0.4, 0.5) is 0 Å². The fraction of sp³-hybridized carbons (Fsp3) is 0.619. The van der Waals surface area contributed by atoms with Crippen molar-refractivity contribution in [3.63, 3.8) is 0 Å². The van der Waals surface area contributed by atoms with Crippen LogP contribution in [0.5, 0.6) is 0 Å². The predicted molar refractivity (Wildman–Crippen MR) is 112 cm³/mol. The summed E-state index contributed by atoms with van der Waals surface area (Å²) in [6, 6.07) is 8.02. The van der Waals surface area contributed by atoms with Gasteiger partial charge in [0.2, 0.25) is 15.9 Å². The van der Waals surface area contributed by atoms with Crippen molar-refractivity contribution in [2.75, 3.05) is 45.9 Å². The maximum atomic E-state index is 13.0. The second kappa shape index (κ2) is 9.89. The molecule has 1 amide bonds. The number of hydrogen-bond donors (Lipinski definition) is 0. The van der Waals surface area contributed by atoms with Crippen LogP contribution in [-0.4, -0.2) is 86.3 Å². The van der Waals surface area contributed by atoms with Gasteiger partial charge in [-0.1, -0.05) is 18.2 Å². The van der Waals surface area contributed by atoms with Crippen LogP contribution in [0.1, 0.15) is 26.7 Å². The molecule has 0 unspecified atom stereocenters. The van der Waals surface area contributed by atoms with E-state index in [2.05, 4.69) is 0 Å². The number of carbonyl (C=O) groups is 2. The number of likely N-dealkylation sites (tertiary alicyclic amines) is 1. The molecule has 1 aromatic carbocycles. The Bertz CT molecular complexity index is 837. The fourth-order valence-corrected chi connectivity index (χ4v) is 5.56.